The molecule has 3 rings (SSSR count). The van der Waals surface area contributed by atoms with Crippen LogP contribution in [-0.4, -0.2) is 60.1 Å². The Morgan fingerprint density at radius 2 is 0.917 bits per heavy atom. The number of nitrogens with one attached hydrogen (secondary N) is 2. The Hall–Kier alpha value is -1.46. The van der Waals surface area contributed by atoms with Gasteiger partial charge in [-0.15, -0.1) is 0 Å². The lowest BCUT2D eigenvalue weighted by Gasteiger charge is -2.34. The van der Waals surface area contributed by atoms with Gasteiger partial charge in [0.05, 0.1) is 0 Å². The number of carbonyl (C=O) groups is 2. The molecule has 3 fully saturated rings. The van der Waals surface area contributed by atoms with E-state index in [2.05, 4.69) is 10.6 Å². The molecule has 0 aromatic heterocycles. The third-order valence-electron chi connectivity index (χ3n) is 5.67. The van der Waals surface area contributed by atoms with Crippen molar-refractivity contribution in [2.24, 2.45) is 0 Å². The lowest BCUT2D eigenvalue weighted by molar-refractivity contribution is 0.170. The third kappa shape index (κ3) is 4.77. The topological polar surface area (TPSA) is 64.7 Å². The standard InChI is InChI=1S/C18H32N4O2/c23-17(21-11-3-1-4-12-21)19-15-7-9-16(10-8-15)20-18(24)22-13-5-2-6-14-22/h15-16H,1-14H2,(H,19,23)(H,20,24). The summed E-state index contributed by atoms with van der Waals surface area (Å²) in [6.07, 6.45) is 10.8. The molecule has 2 saturated heterocycles. The van der Waals surface area contributed by atoms with Gasteiger partial charge in [-0.25, -0.2) is 9.59 Å². The molecule has 136 valence electrons. The van der Waals surface area contributed by atoms with Gasteiger partial charge < -0.3 is 20.4 Å². The van der Waals surface area contributed by atoms with Crippen molar-refractivity contribution in [3.05, 3.63) is 0 Å². The maximum absolute atomic E-state index is 12.3. The molecular weight excluding hydrogens is 304 g/mol. The van der Waals surface area contributed by atoms with Crippen molar-refractivity contribution >= 4 is 12.1 Å². The molecule has 4 amide bonds. The lowest BCUT2D eigenvalue weighted by Crippen LogP contribution is -2.51. The first-order chi connectivity index (χ1) is 11.7. The number of hydrogen-bond acceptors (Lipinski definition) is 2. The van der Waals surface area contributed by atoms with Crippen LogP contribution in [0.15, 0.2) is 0 Å². The number of hydrogen-bond donors (Lipinski definition) is 2. The SMILES string of the molecule is O=C(NC1CCC(NC(=O)N2CCCCC2)CC1)N1CCCCC1. The molecule has 1 saturated carbocycles. The van der Waals surface area contributed by atoms with E-state index in [0.717, 1.165) is 77.5 Å². The zero-order chi connectivity index (χ0) is 16.8. The summed E-state index contributed by atoms with van der Waals surface area (Å²) in [5, 5.41) is 6.38. The van der Waals surface area contributed by atoms with Crippen LogP contribution >= 0.6 is 0 Å². The highest BCUT2D eigenvalue weighted by Crippen LogP contribution is 2.20. The first-order valence-electron chi connectivity index (χ1n) is 9.83. The predicted octanol–water partition coefficient (Wildman–Crippen LogP) is 2.69. The Balaban J connectivity index is 1.36. The van der Waals surface area contributed by atoms with Gasteiger partial charge in [-0.1, -0.05) is 0 Å². The molecule has 24 heavy (non-hydrogen) atoms. The second-order valence-corrected chi connectivity index (χ2v) is 7.54. The summed E-state index contributed by atoms with van der Waals surface area (Å²) in [6.45, 7) is 3.58. The number of piperidine rings is 2. The minimum absolute atomic E-state index is 0.107. The van der Waals surface area contributed by atoms with E-state index in [1.54, 1.807) is 0 Å². The van der Waals surface area contributed by atoms with E-state index in [4.69, 9.17) is 0 Å². The molecule has 0 bridgehead atoms. The highest BCUT2D eigenvalue weighted by molar-refractivity contribution is 5.75. The number of rotatable bonds is 2. The van der Waals surface area contributed by atoms with Crippen LogP contribution in [0.25, 0.3) is 0 Å². The Morgan fingerprint density at radius 3 is 1.25 bits per heavy atom. The van der Waals surface area contributed by atoms with Gasteiger partial charge in [0.25, 0.3) is 0 Å². The summed E-state index contributed by atoms with van der Waals surface area (Å²) in [6, 6.07) is 0.746. The van der Waals surface area contributed by atoms with Gasteiger partial charge in [0.2, 0.25) is 0 Å². The van der Waals surface area contributed by atoms with Crippen LogP contribution < -0.4 is 10.6 Å². The average Bonchev–Trinajstić information content (AvgIpc) is 2.65. The van der Waals surface area contributed by atoms with Crippen molar-refractivity contribution in [2.45, 2.75) is 76.3 Å². The zero-order valence-corrected chi connectivity index (χ0v) is 14.8. The van der Waals surface area contributed by atoms with Crippen LogP contribution in [-0.2, 0) is 0 Å². The maximum Gasteiger partial charge on any atom is 0.317 e. The van der Waals surface area contributed by atoms with E-state index in [1.165, 1.54) is 12.8 Å². The summed E-state index contributed by atoms with van der Waals surface area (Å²) in [5.41, 5.74) is 0. The average molecular weight is 336 g/mol. The minimum Gasteiger partial charge on any atom is -0.335 e. The summed E-state index contributed by atoms with van der Waals surface area (Å²) in [4.78, 5) is 28.4. The number of amides is 4. The zero-order valence-electron chi connectivity index (χ0n) is 14.8. The van der Waals surface area contributed by atoms with E-state index in [9.17, 15) is 9.59 Å². The molecule has 0 spiro atoms. The largest absolute Gasteiger partial charge is 0.335 e. The Bertz CT molecular complexity index is 383. The fourth-order valence-corrected chi connectivity index (χ4v) is 4.11. The molecule has 0 radical (unpaired) electrons. The van der Waals surface area contributed by atoms with Gasteiger partial charge in [-0.3, -0.25) is 0 Å². The lowest BCUT2D eigenvalue weighted by atomic mass is 9.91. The van der Waals surface area contributed by atoms with Gasteiger partial charge in [-0.2, -0.15) is 0 Å². The van der Waals surface area contributed by atoms with Gasteiger partial charge >= 0.3 is 12.1 Å². The first-order valence-corrected chi connectivity index (χ1v) is 9.83. The van der Waals surface area contributed by atoms with Crippen LogP contribution in [0.4, 0.5) is 9.59 Å². The van der Waals surface area contributed by atoms with E-state index < -0.39 is 0 Å². The quantitative estimate of drug-likeness (QED) is 0.814. The Labute approximate surface area is 145 Å². The van der Waals surface area contributed by atoms with E-state index in [0.29, 0.717) is 0 Å². The Kier molecular flexibility index (Phi) is 6.21. The smallest absolute Gasteiger partial charge is 0.317 e. The molecule has 0 unspecified atom stereocenters. The minimum atomic E-state index is 0.107. The second-order valence-electron chi connectivity index (χ2n) is 7.54. The Morgan fingerprint density at radius 1 is 0.583 bits per heavy atom. The molecule has 2 N–H and O–H groups in total. The highest BCUT2D eigenvalue weighted by atomic mass is 16.2. The molecule has 0 atom stereocenters. The van der Waals surface area contributed by atoms with E-state index in [1.807, 2.05) is 9.80 Å². The van der Waals surface area contributed by atoms with Crippen molar-refractivity contribution in [3.8, 4) is 0 Å². The van der Waals surface area contributed by atoms with Gasteiger partial charge in [0.1, 0.15) is 0 Å². The van der Waals surface area contributed by atoms with Crippen molar-refractivity contribution in [3.63, 3.8) is 0 Å². The van der Waals surface area contributed by atoms with Crippen LogP contribution in [0.2, 0.25) is 0 Å². The van der Waals surface area contributed by atoms with Crippen molar-refractivity contribution in [1.29, 1.82) is 0 Å². The summed E-state index contributed by atoms with van der Waals surface area (Å²) in [5.74, 6) is 0. The van der Waals surface area contributed by atoms with Crippen LogP contribution in [0, 0.1) is 0 Å². The number of nitrogens with zero attached hydrogens (tertiary/aromatic N) is 2. The predicted molar refractivity (Wildman–Crippen MR) is 94.0 cm³/mol. The fraction of sp³-hybridized carbons (Fsp3) is 0.889. The fourth-order valence-electron chi connectivity index (χ4n) is 4.11. The van der Waals surface area contributed by atoms with Crippen LogP contribution in [0.1, 0.15) is 64.2 Å². The van der Waals surface area contributed by atoms with E-state index in [-0.39, 0.29) is 24.1 Å². The summed E-state index contributed by atoms with van der Waals surface area (Å²) < 4.78 is 0. The summed E-state index contributed by atoms with van der Waals surface area (Å²) in [7, 11) is 0. The second kappa shape index (κ2) is 8.58. The number of urea groups is 2. The van der Waals surface area contributed by atoms with Crippen molar-refractivity contribution < 1.29 is 9.59 Å². The van der Waals surface area contributed by atoms with E-state index >= 15 is 0 Å². The molecule has 3 aliphatic rings. The van der Waals surface area contributed by atoms with Crippen LogP contribution in [0.3, 0.4) is 0 Å². The van der Waals surface area contributed by atoms with Crippen LogP contribution in [0.5, 0.6) is 0 Å². The molecule has 1 aliphatic carbocycles. The van der Waals surface area contributed by atoms with Crippen molar-refractivity contribution in [2.75, 3.05) is 26.2 Å². The monoisotopic (exact) mass is 336 g/mol. The molecule has 0 aromatic carbocycles. The molecule has 2 heterocycles. The van der Waals surface area contributed by atoms with Gasteiger partial charge in [-0.05, 0) is 64.2 Å². The third-order valence-corrected chi connectivity index (χ3v) is 5.67. The van der Waals surface area contributed by atoms with Gasteiger partial charge in [0.15, 0.2) is 0 Å². The number of likely N-dealkylation sites (tertiary alicyclic amines) is 2. The maximum atomic E-state index is 12.3. The van der Waals surface area contributed by atoms with Crippen molar-refractivity contribution in [1.82, 2.24) is 20.4 Å². The molecule has 2 aliphatic heterocycles. The summed E-state index contributed by atoms with van der Waals surface area (Å²) >= 11 is 0. The highest BCUT2D eigenvalue weighted by Gasteiger charge is 2.27. The molecule has 6 nitrogen and oxygen atoms in total. The van der Waals surface area contributed by atoms with Gasteiger partial charge in [0, 0.05) is 38.3 Å². The molecule has 0 aromatic rings. The first kappa shape index (κ1) is 17.4. The molecule has 6 heteroatoms. The molecular formula is C18H32N4O2. The number of carbonyl (C=O) groups excluding carboxylic acids is 2. The normalized spacial score (nSPS) is 28.3.